The maximum absolute atomic E-state index is 12.6. The summed E-state index contributed by atoms with van der Waals surface area (Å²) in [5, 5.41) is 1.32. The summed E-state index contributed by atoms with van der Waals surface area (Å²) in [4.78, 5) is 17.1. The summed E-state index contributed by atoms with van der Waals surface area (Å²) in [6, 6.07) is 7.75. The first-order valence-electron chi connectivity index (χ1n) is 10.4. The smallest absolute Gasteiger partial charge is 0.324 e. The Labute approximate surface area is 160 Å². The molecule has 27 heavy (non-hydrogen) atoms. The molecule has 1 saturated carbocycles. The van der Waals surface area contributed by atoms with Gasteiger partial charge in [0, 0.05) is 43.3 Å². The van der Waals surface area contributed by atoms with Crippen molar-refractivity contribution in [3.63, 3.8) is 0 Å². The lowest BCUT2D eigenvalue weighted by Gasteiger charge is -2.39. The van der Waals surface area contributed by atoms with Crippen LogP contribution in [-0.2, 0) is 6.42 Å². The monoisotopic (exact) mass is 364 g/mol. The topological polar surface area (TPSA) is 40.5 Å². The second kappa shape index (κ2) is 6.41. The molecule has 1 N–H and O–H groups in total. The highest BCUT2D eigenvalue weighted by atomic mass is 16.2. The summed E-state index contributed by atoms with van der Waals surface area (Å²) in [7, 11) is 0. The van der Waals surface area contributed by atoms with Crippen molar-refractivity contribution in [2.75, 3.05) is 25.1 Å². The fourth-order valence-corrected chi connectivity index (χ4v) is 4.95. The van der Waals surface area contributed by atoms with Gasteiger partial charge in [-0.05, 0) is 62.3 Å². The van der Waals surface area contributed by atoms with Crippen LogP contribution >= 0.6 is 0 Å². The lowest BCUT2D eigenvalue weighted by atomic mass is 9.81. The van der Waals surface area contributed by atoms with E-state index in [0.29, 0.717) is 19.1 Å². The average Bonchev–Trinajstić information content (AvgIpc) is 3.47. The number of urea groups is 1. The lowest BCUT2D eigenvalue weighted by molar-refractivity contribution is 0.214. The van der Waals surface area contributed by atoms with Crippen LogP contribution in [0.1, 0.15) is 44.2 Å². The molecule has 1 aliphatic heterocycles. The van der Waals surface area contributed by atoms with E-state index in [4.69, 9.17) is 0 Å². The van der Waals surface area contributed by atoms with Crippen LogP contribution in [0.15, 0.2) is 30.5 Å². The predicted octanol–water partition coefficient (Wildman–Crippen LogP) is 3.82. The van der Waals surface area contributed by atoms with E-state index in [0.717, 1.165) is 24.4 Å². The van der Waals surface area contributed by atoms with Crippen LogP contribution in [0.25, 0.3) is 16.5 Å². The van der Waals surface area contributed by atoms with Crippen molar-refractivity contribution in [1.29, 1.82) is 0 Å². The van der Waals surface area contributed by atoms with Gasteiger partial charge in [-0.1, -0.05) is 18.2 Å². The molecule has 1 aromatic heterocycles. The SMILES string of the molecule is CCN(CC)C(=O)Nn1cc2c3c(cccc31)C1=CCCN(C3CC3)[C@@H]1C2. The summed E-state index contributed by atoms with van der Waals surface area (Å²) >= 11 is 0. The number of benzene rings is 1. The van der Waals surface area contributed by atoms with Gasteiger partial charge in [0.25, 0.3) is 0 Å². The molecule has 3 aliphatic rings. The van der Waals surface area contributed by atoms with Gasteiger partial charge in [-0.25, -0.2) is 10.2 Å². The minimum Gasteiger partial charge on any atom is -0.324 e. The summed E-state index contributed by atoms with van der Waals surface area (Å²) in [5.41, 5.74) is 8.41. The predicted molar refractivity (Wildman–Crippen MR) is 109 cm³/mol. The Kier molecular flexibility index (Phi) is 4.01. The Bertz CT molecular complexity index is 920. The van der Waals surface area contributed by atoms with Crippen molar-refractivity contribution in [1.82, 2.24) is 14.5 Å². The van der Waals surface area contributed by atoms with Crippen LogP contribution in [0.5, 0.6) is 0 Å². The third-order valence-corrected chi connectivity index (χ3v) is 6.43. The second-order valence-electron chi connectivity index (χ2n) is 7.95. The molecule has 142 valence electrons. The van der Waals surface area contributed by atoms with E-state index in [9.17, 15) is 4.79 Å². The zero-order valence-electron chi connectivity index (χ0n) is 16.2. The maximum atomic E-state index is 12.6. The summed E-state index contributed by atoms with van der Waals surface area (Å²) < 4.78 is 1.94. The molecule has 1 fully saturated rings. The van der Waals surface area contributed by atoms with E-state index in [1.807, 2.05) is 23.4 Å². The first-order valence-corrected chi connectivity index (χ1v) is 10.4. The molecule has 0 spiro atoms. The Morgan fingerprint density at radius 3 is 2.81 bits per heavy atom. The Hall–Kier alpha value is -2.27. The van der Waals surface area contributed by atoms with Gasteiger partial charge >= 0.3 is 6.03 Å². The molecule has 0 unspecified atom stereocenters. The van der Waals surface area contributed by atoms with Crippen LogP contribution in [0.2, 0.25) is 0 Å². The molecule has 2 heterocycles. The summed E-state index contributed by atoms with van der Waals surface area (Å²) in [6.45, 7) is 6.63. The number of carbonyl (C=O) groups is 1. The van der Waals surface area contributed by atoms with E-state index in [2.05, 4.69) is 40.8 Å². The third kappa shape index (κ3) is 2.67. The van der Waals surface area contributed by atoms with Gasteiger partial charge in [0.2, 0.25) is 0 Å². The number of hydrogen-bond acceptors (Lipinski definition) is 2. The van der Waals surface area contributed by atoms with Gasteiger partial charge in [0.05, 0.1) is 5.52 Å². The fraction of sp³-hybridized carbons (Fsp3) is 0.500. The molecule has 1 aromatic carbocycles. The third-order valence-electron chi connectivity index (χ3n) is 6.43. The molecule has 0 radical (unpaired) electrons. The molecule has 5 nitrogen and oxygen atoms in total. The minimum absolute atomic E-state index is 0.0376. The molecule has 2 aliphatic carbocycles. The van der Waals surface area contributed by atoms with Gasteiger partial charge in [-0.2, -0.15) is 0 Å². The Morgan fingerprint density at radius 1 is 1.26 bits per heavy atom. The van der Waals surface area contributed by atoms with Crippen LogP contribution in [0, 0.1) is 0 Å². The van der Waals surface area contributed by atoms with Crippen LogP contribution in [-0.4, -0.2) is 52.2 Å². The van der Waals surface area contributed by atoms with E-state index < -0.39 is 0 Å². The number of aromatic nitrogens is 1. The quantitative estimate of drug-likeness (QED) is 0.896. The Morgan fingerprint density at radius 2 is 2.07 bits per heavy atom. The average molecular weight is 364 g/mol. The van der Waals surface area contributed by atoms with Crippen molar-refractivity contribution in [3.05, 3.63) is 41.6 Å². The number of rotatable bonds is 4. The molecule has 5 rings (SSSR count). The first kappa shape index (κ1) is 16.9. The van der Waals surface area contributed by atoms with Gasteiger partial charge in [0.1, 0.15) is 0 Å². The molecule has 2 amide bonds. The molecule has 5 heteroatoms. The highest BCUT2D eigenvalue weighted by Crippen LogP contribution is 2.44. The summed E-state index contributed by atoms with van der Waals surface area (Å²) in [5.74, 6) is 0. The number of fused-ring (bicyclic) bond motifs is 2. The zero-order chi connectivity index (χ0) is 18.5. The van der Waals surface area contributed by atoms with E-state index in [1.165, 1.54) is 41.5 Å². The highest BCUT2D eigenvalue weighted by Gasteiger charge is 2.39. The standard InChI is InChI=1S/C22H28N4O/c1-3-24(4-2)22(27)23-26-14-15-13-20-17(8-6-12-25(20)16-10-11-16)18-7-5-9-19(26)21(15)18/h5,7-9,14,16,20H,3-4,6,10-13H2,1-2H3,(H,23,27)/t20-/m1/s1. The van der Waals surface area contributed by atoms with Gasteiger partial charge < -0.3 is 4.90 Å². The normalized spacial score (nSPS) is 21.7. The van der Waals surface area contributed by atoms with Crippen LogP contribution in [0.3, 0.4) is 0 Å². The number of nitrogens with one attached hydrogen (secondary N) is 1. The Balaban J connectivity index is 1.55. The van der Waals surface area contributed by atoms with E-state index in [-0.39, 0.29) is 6.03 Å². The van der Waals surface area contributed by atoms with Crippen molar-refractivity contribution < 1.29 is 4.79 Å². The zero-order valence-corrected chi connectivity index (χ0v) is 16.2. The summed E-state index contributed by atoms with van der Waals surface area (Å²) in [6.07, 6.45) is 9.49. The number of nitrogens with zero attached hydrogens (tertiary/aromatic N) is 3. The number of carbonyl (C=O) groups excluding carboxylic acids is 1. The van der Waals surface area contributed by atoms with E-state index in [1.54, 1.807) is 0 Å². The molecule has 2 aromatic rings. The molecule has 0 bridgehead atoms. The number of hydrogen-bond donors (Lipinski definition) is 1. The van der Waals surface area contributed by atoms with Crippen LogP contribution < -0.4 is 5.43 Å². The van der Waals surface area contributed by atoms with Crippen molar-refractivity contribution in [2.24, 2.45) is 0 Å². The highest BCUT2D eigenvalue weighted by molar-refractivity contribution is 5.99. The molecule has 1 atom stereocenters. The fourth-order valence-electron chi connectivity index (χ4n) is 4.95. The van der Waals surface area contributed by atoms with Crippen LogP contribution in [0.4, 0.5) is 4.79 Å². The lowest BCUT2D eigenvalue weighted by Crippen LogP contribution is -2.43. The van der Waals surface area contributed by atoms with Crippen molar-refractivity contribution >= 4 is 22.5 Å². The molecule has 0 saturated heterocycles. The maximum Gasteiger partial charge on any atom is 0.336 e. The van der Waals surface area contributed by atoms with Gasteiger partial charge in [0.15, 0.2) is 0 Å². The number of amides is 2. The first-order chi connectivity index (χ1) is 13.2. The molecular weight excluding hydrogens is 336 g/mol. The minimum atomic E-state index is -0.0376. The molecular formula is C22H28N4O. The van der Waals surface area contributed by atoms with Gasteiger partial charge in [-0.15, -0.1) is 0 Å². The van der Waals surface area contributed by atoms with Crippen molar-refractivity contribution in [3.8, 4) is 0 Å². The van der Waals surface area contributed by atoms with Gasteiger partial charge in [-0.3, -0.25) is 9.58 Å². The second-order valence-corrected chi connectivity index (χ2v) is 7.95. The van der Waals surface area contributed by atoms with E-state index >= 15 is 0 Å². The van der Waals surface area contributed by atoms with Crippen molar-refractivity contribution in [2.45, 2.75) is 51.6 Å². The largest absolute Gasteiger partial charge is 0.336 e.